The van der Waals surface area contributed by atoms with Crippen molar-refractivity contribution >= 4 is 16.3 Å². The van der Waals surface area contributed by atoms with E-state index in [-0.39, 0.29) is 0 Å². The first-order valence-corrected chi connectivity index (χ1v) is 5.70. The van der Waals surface area contributed by atoms with E-state index in [0.29, 0.717) is 0 Å². The number of aromatic nitrogens is 2. The molecule has 3 aromatic rings. The van der Waals surface area contributed by atoms with E-state index in [9.17, 15) is 0 Å². The van der Waals surface area contributed by atoms with Gasteiger partial charge in [0.25, 0.3) is 0 Å². The molecule has 3 rings (SSSR count). The van der Waals surface area contributed by atoms with Gasteiger partial charge in [-0.3, -0.25) is 4.40 Å². The van der Waals surface area contributed by atoms with Crippen LogP contribution in [-0.2, 0) is 0 Å². The van der Waals surface area contributed by atoms with Crippen molar-refractivity contribution in [2.75, 3.05) is 0 Å². The van der Waals surface area contributed by atoms with Gasteiger partial charge in [-0.05, 0) is 13.0 Å². The summed E-state index contributed by atoms with van der Waals surface area (Å²) in [5.74, 6) is 0. The predicted octanol–water partition coefficient (Wildman–Crippen LogP) is 3.37. The Morgan fingerprint density at radius 3 is 3.07 bits per heavy atom. The zero-order chi connectivity index (χ0) is 10.3. The van der Waals surface area contributed by atoms with Gasteiger partial charge in [0.2, 0.25) is 0 Å². The van der Waals surface area contributed by atoms with E-state index in [2.05, 4.69) is 46.8 Å². The van der Waals surface area contributed by atoms with Gasteiger partial charge in [0.1, 0.15) is 0 Å². The smallest absolute Gasteiger partial charge is 0.194 e. The molecular weight excluding hydrogens is 204 g/mol. The molecule has 0 unspecified atom stereocenters. The first-order chi connectivity index (χ1) is 7.33. The average molecular weight is 214 g/mol. The van der Waals surface area contributed by atoms with Crippen LogP contribution in [0.5, 0.6) is 0 Å². The number of imidazole rings is 1. The maximum Gasteiger partial charge on any atom is 0.194 e. The van der Waals surface area contributed by atoms with Gasteiger partial charge in [-0.1, -0.05) is 23.8 Å². The first-order valence-electron chi connectivity index (χ1n) is 4.82. The molecule has 0 radical (unpaired) electrons. The van der Waals surface area contributed by atoms with E-state index >= 15 is 0 Å². The molecule has 2 nitrogen and oxygen atoms in total. The quantitative estimate of drug-likeness (QED) is 0.607. The summed E-state index contributed by atoms with van der Waals surface area (Å²) >= 11 is 1.66. The van der Waals surface area contributed by atoms with Crippen molar-refractivity contribution in [3.63, 3.8) is 0 Å². The molecule has 0 amide bonds. The second-order valence-electron chi connectivity index (χ2n) is 3.59. The van der Waals surface area contributed by atoms with E-state index in [0.717, 1.165) is 10.7 Å². The monoisotopic (exact) mass is 214 g/mol. The predicted molar refractivity (Wildman–Crippen MR) is 63.2 cm³/mol. The van der Waals surface area contributed by atoms with E-state index in [1.165, 1.54) is 11.1 Å². The van der Waals surface area contributed by atoms with Crippen molar-refractivity contribution in [2.45, 2.75) is 6.92 Å². The Labute approximate surface area is 91.8 Å². The lowest BCUT2D eigenvalue weighted by atomic mass is 10.1. The molecule has 15 heavy (non-hydrogen) atoms. The van der Waals surface area contributed by atoms with Gasteiger partial charge in [-0.25, -0.2) is 4.98 Å². The molecule has 0 bridgehead atoms. The second-order valence-corrected chi connectivity index (χ2v) is 4.46. The van der Waals surface area contributed by atoms with Gasteiger partial charge in [0.15, 0.2) is 4.96 Å². The molecular formula is C12H10N2S. The molecule has 0 fully saturated rings. The Morgan fingerprint density at radius 2 is 2.27 bits per heavy atom. The van der Waals surface area contributed by atoms with E-state index in [4.69, 9.17) is 0 Å². The third kappa shape index (κ3) is 1.45. The van der Waals surface area contributed by atoms with Crippen molar-refractivity contribution in [2.24, 2.45) is 0 Å². The van der Waals surface area contributed by atoms with Crippen LogP contribution < -0.4 is 0 Å². The standard InChI is InChI=1S/C12H10N2S/c1-9-3-2-4-10(7-9)11-8-14-5-6-15-12(14)13-11/h2-8H,1H3. The van der Waals surface area contributed by atoms with Gasteiger partial charge in [0.05, 0.1) is 5.69 Å². The third-order valence-electron chi connectivity index (χ3n) is 2.41. The van der Waals surface area contributed by atoms with Crippen LogP contribution in [0.15, 0.2) is 42.0 Å². The number of nitrogens with zero attached hydrogens (tertiary/aromatic N) is 2. The van der Waals surface area contributed by atoms with Crippen molar-refractivity contribution < 1.29 is 0 Å². The summed E-state index contributed by atoms with van der Waals surface area (Å²) in [5.41, 5.74) is 3.50. The first kappa shape index (κ1) is 8.68. The number of rotatable bonds is 1. The SMILES string of the molecule is Cc1cccc(-c2cn3ccsc3n2)c1. The fourth-order valence-electron chi connectivity index (χ4n) is 1.67. The minimum absolute atomic E-state index is 1.05. The summed E-state index contributed by atoms with van der Waals surface area (Å²) in [7, 11) is 0. The Bertz CT molecular complexity index is 578. The maximum atomic E-state index is 4.57. The Hall–Kier alpha value is -1.61. The molecule has 0 aliphatic heterocycles. The zero-order valence-electron chi connectivity index (χ0n) is 8.34. The summed E-state index contributed by atoms with van der Waals surface area (Å²) in [4.78, 5) is 5.61. The van der Waals surface area contributed by atoms with Crippen LogP contribution in [-0.4, -0.2) is 9.38 Å². The highest BCUT2D eigenvalue weighted by Crippen LogP contribution is 2.21. The number of thiazole rings is 1. The molecule has 1 aromatic carbocycles. The molecule has 0 N–H and O–H groups in total. The van der Waals surface area contributed by atoms with Crippen molar-refractivity contribution in [3.05, 3.63) is 47.6 Å². The topological polar surface area (TPSA) is 17.3 Å². The lowest BCUT2D eigenvalue weighted by Gasteiger charge is -1.96. The van der Waals surface area contributed by atoms with Crippen LogP contribution in [0, 0.1) is 6.92 Å². The molecule has 3 heteroatoms. The molecule has 0 aliphatic rings. The fraction of sp³-hybridized carbons (Fsp3) is 0.0833. The molecule has 0 spiro atoms. The highest BCUT2D eigenvalue weighted by molar-refractivity contribution is 7.15. The highest BCUT2D eigenvalue weighted by Gasteiger charge is 2.04. The Kier molecular flexibility index (Phi) is 1.86. The van der Waals surface area contributed by atoms with E-state index < -0.39 is 0 Å². The molecule has 2 heterocycles. The Balaban J connectivity index is 2.17. The van der Waals surface area contributed by atoms with Crippen LogP contribution >= 0.6 is 11.3 Å². The van der Waals surface area contributed by atoms with Crippen LogP contribution in [0.4, 0.5) is 0 Å². The zero-order valence-corrected chi connectivity index (χ0v) is 9.16. The molecule has 0 aliphatic carbocycles. The molecule has 2 aromatic heterocycles. The number of hydrogen-bond donors (Lipinski definition) is 0. The summed E-state index contributed by atoms with van der Waals surface area (Å²) in [6.45, 7) is 2.10. The minimum Gasteiger partial charge on any atom is -0.297 e. The number of fused-ring (bicyclic) bond motifs is 1. The Morgan fingerprint density at radius 1 is 1.33 bits per heavy atom. The molecule has 74 valence electrons. The average Bonchev–Trinajstić information content (AvgIpc) is 2.76. The molecule has 0 saturated heterocycles. The van der Waals surface area contributed by atoms with Crippen LogP contribution in [0.1, 0.15) is 5.56 Å². The van der Waals surface area contributed by atoms with Gasteiger partial charge >= 0.3 is 0 Å². The molecule has 0 saturated carbocycles. The van der Waals surface area contributed by atoms with E-state index in [1.54, 1.807) is 11.3 Å². The van der Waals surface area contributed by atoms with E-state index in [1.807, 2.05) is 11.6 Å². The van der Waals surface area contributed by atoms with Gasteiger partial charge in [-0.2, -0.15) is 0 Å². The van der Waals surface area contributed by atoms with Crippen molar-refractivity contribution in [1.29, 1.82) is 0 Å². The minimum atomic E-state index is 1.05. The number of aryl methyl sites for hydroxylation is 1. The lowest BCUT2D eigenvalue weighted by molar-refractivity contribution is 1.23. The largest absolute Gasteiger partial charge is 0.297 e. The van der Waals surface area contributed by atoms with Crippen molar-refractivity contribution in [1.82, 2.24) is 9.38 Å². The summed E-state index contributed by atoms with van der Waals surface area (Å²) in [6, 6.07) is 8.42. The van der Waals surface area contributed by atoms with Crippen LogP contribution in [0.25, 0.3) is 16.2 Å². The third-order valence-corrected chi connectivity index (χ3v) is 3.18. The normalized spacial score (nSPS) is 11.0. The van der Waals surface area contributed by atoms with Gasteiger partial charge in [-0.15, -0.1) is 11.3 Å². The summed E-state index contributed by atoms with van der Waals surface area (Å²) in [6.07, 6.45) is 4.10. The lowest BCUT2D eigenvalue weighted by Crippen LogP contribution is -1.78. The summed E-state index contributed by atoms with van der Waals surface area (Å²) in [5, 5.41) is 2.04. The number of hydrogen-bond acceptors (Lipinski definition) is 2. The van der Waals surface area contributed by atoms with Crippen LogP contribution in [0.2, 0.25) is 0 Å². The molecule has 0 atom stereocenters. The van der Waals surface area contributed by atoms with Crippen LogP contribution in [0.3, 0.4) is 0 Å². The van der Waals surface area contributed by atoms with Gasteiger partial charge < -0.3 is 0 Å². The van der Waals surface area contributed by atoms with Gasteiger partial charge in [0, 0.05) is 23.3 Å². The highest BCUT2D eigenvalue weighted by atomic mass is 32.1. The number of benzene rings is 1. The summed E-state index contributed by atoms with van der Waals surface area (Å²) < 4.78 is 2.06. The fourth-order valence-corrected chi connectivity index (χ4v) is 2.37. The van der Waals surface area contributed by atoms with Crippen molar-refractivity contribution in [3.8, 4) is 11.3 Å². The second kappa shape index (κ2) is 3.21. The maximum absolute atomic E-state index is 4.57.